The molecule has 0 aliphatic heterocycles. The van der Waals surface area contributed by atoms with Crippen LogP contribution in [0, 0.1) is 0 Å². The first-order valence-electron chi connectivity index (χ1n) is 5.34. The van der Waals surface area contributed by atoms with Gasteiger partial charge in [0, 0.05) is 25.6 Å². The largest absolute Gasteiger partial charge is 0.481 e. The summed E-state index contributed by atoms with van der Waals surface area (Å²) in [6.07, 6.45) is 2.07. The fourth-order valence-electron chi connectivity index (χ4n) is 1.39. The van der Waals surface area contributed by atoms with Crippen molar-refractivity contribution in [1.82, 2.24) is 20.4 Å². The van der Waals surface area contributed by atoms with Crippen molar-refractivity contribution in [3.8, 4) is 5.88 Å². The first kappa shape index (κ1) is 11.5. The van der Waals surface area contributed by atoms with Crippen LogP contribution in [0.5, 0.6) is 5.88 Å². The van der Waals surface area contributed by atoms with Gasteiger partial charge in [0.2, 0.25) is 12.3 Å². The van der Waals surface area contributed by atoms with Gasteiger partial charge in [-0.2, -0.15) is 4.98 Å². The lowest BCUT2D eigenvalue weighted by atomic mass is 10.3. The van der Waals surface area contributed by atoms with Crippen LogP contribution in [0.3, 0.4) is 0 Å². The average molecular weight is 234 g/mol. The number of nitrogens with zero attached hydrogens (tertiary/aromatic N) is 3. The number of nitrogens with one attached hydrogen (secondary N) is 1. The van der Waals surface area contributed by atoms with Gasteiger partial charge < -0.3 is 14.6 Å². The predicted octanol–water partition coefficient (Wildman–Crippen LogP) is 0.805. The lowest BCUT2D eigenvalue weighted by Gasteiger charge is -2.04. The second-order valence-electron chi connectivity index (χ2n) is 3.45. The van der Waals surface area contributed by atoms with Crippen molar-refractivity contribution in [2.24, 2.45) is 0 Å². The molecule has 0 saturated heterocycles. The molecular formula is C11H14N4O2. The molecule has 0 aromatic carbocycles. The maximum absolute atomic E-state index is 5.05. The van der Waals surface area contributed by atoms with Crippen molar-refractivity contribution < 1.29 is 9.26 Å². The van der Waals surface area contributed by atoms with Gasteiger partial charge in [0.25, 0.3) is 0 Å². The van der Waals surface area contributed by atoms with Crippen LogP contribution in [0.15, 0.2) is 29.1 Å². The Kier molecular flexibility index (Phi) is 4.04. The molecule has 90 valence electrons. The number of pyridine rings is 1. The maximum atomic E-state index is 5.05. The van der Waals surface area contributed by atoms with E-state index in [1.54, 1.807) is 7.11 Å². The minimum atomic E-state index is 0.627. The zero-order valence-corrected chi connectivity index (χ0v) is 9.59. The van der Waals surface area contributed by atoms with Crippen LogP contribution in [-0.4, -0.2) is 28.8 Å². The Morgan fingerprint density at radius 1 is 1.41 bits per heavy atom. The molecule has 2 aromatic rings. The summed E-state index contributed by atoms with van der Waals surface area (Å²) >= 11 is 0. The molecule has 0 aliphatic rings. The molecule has 2 aromatic heterocycles. The van der Waals surface area contributed by atoms with Crippen molar-refractivity contribution in [3.63, 3.8) is 0 Å². The molecule has 0 unspecified atom stereocenters. The first-order valence-corrected chi connectivity index (χ1v) is 5.34. The zero-order chi connectivity index (χ0) is 11.9. The summed E-state index contributed by atoms with van der Waals surface area (Å²) in [5, 5.41) is 6.98. The third-order valence-electron chi connectivity index (χ3n) is 2.23. The second-order valence-corrected chi connectivity index (χ2v) is 3.45. The Bertz CT molecular complexity index is 444. The quantitative estimate of drug-likeness (QED) is 0.745. The number of hydrogen-bond acceptors (Lipinski definition) is 6. The van der Waals surface area contributed by atoms with Gasteiger partial charge in [-0.05, 0) is 6.07 Å². The third-order valence-corrected chi connectivity index (χ3v) is 2.23. The molecule has 6 heteroatoms. The lowest BCUT2D eigenvalue weighted by molar-refractivity contribution is 0.395. The summed E-state index contributed by atoms with van der Waals surface area (Å²) in [6.45, 7) is 1.47. The number of aromatic nitrogens is 3. The fraction of sp³-hybridized carbons (Fsp3) is 0.364. The summed E-state index contributed by atoms with van der Waals surface area (Å²) in [5.41, 5.74) is 0.942. The third kappa shape index (κ3) is 3.53. The molecule has 2 rings (SSSR count). The van der Waals surface area contributed by atoms with Crippen molar-refractivity contribution in [1.29, 1.82) is 0 Å². The normalized spacial score (nSPS) is 10.4. The highest BCUT2D eigenvalue weighted by Crippen LogP contribution is 2.05. The van der Waals surface area contributed by atoms with E-state index in [0.717, 1.165) is 18.7 Å². The topological polar surface area (TPSA) is 73.1 Å². The molecule has 0 atom stereocenters. The highest BCUT2D eigenvalue weighted by molar-refractivity contribution is 5.15. The molecule has 6 nitrogen and oxygen atoms in total. The van der Waals surface area contributed by atoms with Crippen LogP contribution in [0.25, 0.3) is 0 Å². The molecule has 0 bridgehead atoms. The van der Waals surface area contributed by atoms with Crippen molar-refractivity contribution in [2.75, 3.05) is 13.7 Å². The molecule has 0 spiro atoms. The Hall–Kier alpha value is -1.95. The van der Waals surface area contributed by atoms with Gasteiger partial charge in [-0.3, -0.25) is 0 Å². The molecule has 0 saturated carbocycles. The SMILES string of the molecule is COc1cccc(CNCCc2ncon2)n1. The zero-order valence-electron chi connectivity index (χ0n) is 9.59. The van der Waals surface area contributed by atoms with E-state index in [1.165, 1.54) is 6.39 Å². The Balaban J connectivity index is 1.74. The Morgan fingerprint density at radius 3 is 3.12 bits per heavy atom. The molecule has 1 N–H and O–H groups in total. The number of rotatable bonds is 6. The van der Waals surface area contributed by atoms with E-state index in [1.807, 2.05) is 18.2 Å². The van der Waals surface area contributed by atoms with Gasteiger partial charge in [-0.15, -0.1) is 0 Å². The molecule has 0 amide bonds. The van der Waals surface area contributed by atoms with Gasteiger partial charge in [-0.25, -0.2) is 4.98 Å². The van der Waals surface area contributed by atoms with Crippen LogP contribution in [0.4, 0.5) is 0 Å². The summed E-state index contributed by atoms with van der Waals surface area (Å²) in [4.78, 5) is 8.23. The van der Waals surface area contributed by atoms with Gasteiger partial charge >= 0.3 is 0 Å². The summed E-state index contributed by atoms with van der Waals surface area (Å²) in [6, 6.07) is 5.69. The second kappa shape index (κ2) is 5.95. The highest BCUT2D eigenvalue weighted by atomic mass is 16.5. The minimum absolute atomic E-state index is 0.627. The van der Waals surface area contributed by atoms with E-state index in [2.05, 4.69) is 25.0 Å². The number of hydrogen-bond donors (Lipinski definition) is 1. The minimum Gasteiger partial charge on any atom is -0.481 e. The fourth-order valence-corrected chi connectivity index (χ4v) is 1.39. The number of methoxy groups -OCH3 is 1. The van der Waals surface area contributed by atoms with E-state index < -0.39 is 0 Å². The maximum Gasteiger partial charge on any atom is 0.213 e. The van der Waals surface area contributed by atoms with E-state index in [-0.39, 0.29) is 0 Å². The molecule has 17 heavy (non-hydrogen) atoms. The van der Waals surface area contributed by atoms with Crippen LogP contribution in [-0.2, 0) is 13.0 Å². The predicted molar refractivity (Wildman–Crippen MR) is 60.5 cm³/mol. The lowest BCUT2D eigenvalue weighted by Crippen LogP contribution is -2.18. The van der Waals surface area contributed by atoms with Crippen molar-refractivity contribution >= 4 is 0 Å². The molecular weight excluding hydrogens is 220 g/mol. The smallest absolute Gasteiger partial charge is 0.213 e. The van der Waals surface area contributed by atoms with Crippen molar-refractivity contribution in [2.45, 2.75) is 13.0 Å². The average Bonchev–Trinajstić information content (AvgIpc) is 2.88. The molecule has 0 fully saturated rings. The van der Waals surface area contributed by atoms with Gasteiger partial charge in [0.1, 0.15) is 0 Å². The molecule has 0 aliphatic carbocycles. The highest BCUT2D eigenvalue weighted by Gasteiger charge is 1.99. The van der Waals surface area contributed by atoms with Crippen LogP contribution in [0.1, 0.15) is 11.5 Å². The van der Waals surface area contributed by atoms with Gasteiger partial charge in [-0.1, -0.05) is 11.2 Å². The van der Waals surface area contributed by atoms with Gasteiger partial charge in [0.15, 0.2) is 5.82 Å². The number of ether oxygens (including phenoxy) is 1. The first-order chi connectivity index (χ1) is 8.38. The summed E-state index contributed by atoms with van der Waals surface area (Å²) in [5.74, 6) is 1.33. The Labute approximate surface area is 99.0 Å². The van der Waals surface area contributed by atoms with Crippen LogP contribution in [0.2, 0.25) is 0 Å². The van der Waals surface area contributed by atoms with Crippen LogP contribution >= 0.6 is 0 Å². The molecule has 2 heterocycles. The molecule has 0 radical (unpaired) electrons. The monoisotopic (exact) mass is 234 g/mol. The van der Waals surface area contributed by atoms with E-state index >= 15 is 0 Å². The van der Waals surface area contributed by atoms with E-state index in [0.29, 0.717) is 18.2 Å². The van der Waals surface area contributed by atoms with Crippen LogP contribution < -0.4 is 10.1 Å². The van der Waals surface area contributed by atoms with E-state index in [9.17, 15) is 0 Å². The summed E-state index contributed by atoms with van der Waals surface area (Å²) in [7, 11) is 1.61. The van der Waals surface area contributed by atoms with E-state index in [4.69, 9.17) is 4.74 Å². The summed E-state index contributed by atoms with van der Waals surface area (Å²) < 4.78 is 9.69. The Morgan fingerprint density at radius 2 is 2.35 bits per heavy atom. The van der Waals surface area contributed by atoms with Gasteiger partial charge in [0.05, 0.1) is 12.8 Å². The standard InChI is InChI=1S/C11H14N4O2/c1-16-11-4-2-3-9(14-11)7-12-6-5-10-13-8-17-15-10/h2-4,8,12H,5-7H2,1H3. The van der Waals surface area contributed by atoms with Crippen molar-refractivity contribution in [3.05, 3.63) is 36.1 Å².